The molecule has 1 aromatic carbocycles. The number of rotatable bonds is 1. The molecule has 1 heterocycles. The topological polar surface area (TPSA) is 52.6 Å². The fraction of sp³-hybridized carbons (Fsp3) is 0.500. The molecular formula is C14H17F3N2O2. The van der Waals surface area contributed by atoms with Gasteiger partial charge < -0.3 is 15.3 Å². The lowest BCUT2D eigenvalue weighted by molar-refractivity contribution is -0.136. The van der Waals surface area contributed by atoms with E-state index in [1.807, 2.05) is 6.92 Å². The minimum Gasteiger partial charge on any atom is -0.391 e. The molecule has 1 saturated heterocycles. The fourth-order valence-electron chi connectivity index (χ4n) is 2.27. The van der Waals surface area contributed by atoms with Crippen LogP contribution < -0.4 is 5.32 Å². The normalized spacial score (nSPS) is 23.0. The lowest BCUT2D eigenvalue weighted by Crippen LogP contribution is -2.47. The first-order valence-corrected chi connectivity index (χ1v) is 6.69. The van der Waals surface area contributed by atoms with Gasteiger partial charge in [-0.05, 0) is 24.5 Å². The first kappa shape index (κ1) is 15.6. The average molecular weight is 302 g/mol. The number of para-hydroxylation sites is 1. The molecule has 116 valence electrons. The summed E-state index contributed by atoms with van der Waals surface area (Å²) in [5.74, 6) is 0.0801. The van der Waals surface area contributed by atoms with Crippen molar-refractivity contribution >= 4 is 11.7 Å². The molecule has 2 N–H and O–H groups in total. The van der Waals surface area contributed by atoms with E-state index in [2.05, 4.69) is 5.32 Å². The second kappa shape index (κ2) is 5.93. The van der Waals surface area contributed by atoms with Gasteiger partial charge in [0.1, 0.15) is 0 Å². The number of aliphatic hydroxyl groups excluding tert-OH is 1. The van der Waals surface area contributed by atoms with Crippen molar-refractivity contribution in [2.75, 3.05) is 18.4 Å². The Bertz CT molecular complexity index is 519. The number of piperidine rings is 1. The molecule has 7 heteroatoms. The Morgan fingerprint density at radius 1 is 1.38 bits per heavy atom. The molecule has 1 fully saturated rings. The third-order valence-electron chi connectivity index (χ3n) is 3.68. The largest absolute Gasteiger partial charge is 0.418 e. The lowest BCUT2D eigenvalue weighted by Gasteiger charge is -2.34. The summed E-state index contributed by atoms with van der Waals surface area (Å²) in [4.78, 5) is 13.4. The van der Waals surface area contributed by atoms with Crippen LogP contribution in [0, 0.1) is 5.92 Å². The zero-order valence-electron chi connectivity index (χ0n) is 11.5. The van der Waals surface area contributed by atoms with E-state index in [9.17, 15) is 23.1 Å². The SMILES string of the molecule is CC1CCN(C(=O)Nc2ccccc2C(F)(F)F)CC1O. The number of hydrogen-bond acceptors (Lipinski definition) is 2. The van der Waals surface area contributed by atoms with Crippen LogP contribution in [0.1, 0.15) is 18.9 Å². The second-order valence-electron chi connectivity index (χ2n) is 5.25. The number of nitrogens with zero attached hydrogens (tertiary/aromatic N) is 1. The Kier molecular flexibility index (Phi) is 4.41. The highest BCUT2D eigenvalue weighted by Gasteiger charge is 2.34. The van der Waals surface area contributed by atoms with Crippen LogP contribution in [0.3, 0.4) is 0 Å². The van der Waals surface area contributed by atoms with Gasteiger partial charge in [0, 0.05) is 13.1 Å². The number of nitrogens with one attached hydrogen (secondary N) is 1. The molecule has 0 spiro atoms. The van der Waals surface area contributed by atoms with Crippen LogP contribution in [-0.2, 0) is 6.18 Å². The molecule has 1 aliphatic heterocycles. The number of hydrogen-bond donors (Lipinski definition) is 2. The molecule has 0 aromatic heterocycles. The average Bonchev–Trinajstić information content (AvgIpc) is 2.41. The Labute approximate surface area is 120 Å². The Morgan fingerprint density at radius 3 is 2.67 bits per heavy atom. The summed E-state index contributed by atoms with van der Waals surface area (Å²) in [5.41, 5.74) is -1.16. The predicted octanol–water partition coefficient (Wildman–Crippen LogP) is 2.94. The van der Waals surface area contributed by atoms with Crippen LogP contribution in [-0.4, -0.2) is 35.2 Å². The van der Waals surface area contributed by atoms with Crippen LogP contribution in [0.2, 0.25) is 0 Å². The van der Waals surface area contributed by atoms with Crippen LogP contribution in [0.25, 0.3) is 0 Å². The minimum absolute atomic E-state index is 0.0801. The number of carbonyl (C=O) groups excluding carboxylic acids is 1. The van der Waals surface area contributed by atoms with Gasteiger partial charge in [0.25, 0.3) is 0 Å². The number of amides is 2. The maximum atomic E-state index is 12.8. The quantitative estimate of drug-likeness (QED) is 0.838. The van der Waals surface area contributed by atoms with E-state index in [-0.39, 0.29) is 18.2 Å². The van der Waals surface area contributed by atoms with Gasteiger partial charge in [-0.2, -0.15) is 13.2 Å². The monoisotopic (exact) mass is 302 g/mol. The van der Waals surface area contributed by atoms with Gasteiger partial charge in [-0.3, -0.25) is 0 Å². The maximum Gasteiger partial charge on any atom is 0.418 e. The van der Waals surface area contributed by atoms with Crippen LogP contribution in [0.5, 0.6) is 0 Å². The number of urea groups is 1. The summed E-state index contributed by atoms with van der Waals surface area (Å²) in [6, 6.07) is 4.20. The molecule has 0 saturated carbocycles. The smallest absolute Gasteiger partial charge is 0.391 e. The first-order chi connectivity index (χ1) is 9.79. The van der Waals surface area contributed by atoms with Gasteiger partial charge >= 0.3 is 12.2 Å². The number of β-amino-alcohol motifs (C(OH)–C–C–N with tert-alkyl or cyclic N) is 1. The van der Waals surface area contributed by atoms with Crippen molar-refractivity contribution in [3.05, 3.63) is 29.8 Å². The lowest BCUT2D eigenvalue weighted by atomic mass is 9.96. The number of alkyl halides is 3. The number of anilines is 1. The van der Waals surface area contributed by atoms with E-state index < -0.39 is 23.9 Å². The van der Waals surface area contributed by atoms with Crippen LogP contribution in [0.4, 0.5) is 23.7 Å². The van der Waals surface area contributed by atoms with Crippen molar-refractivity contribution in [2.24, 2.45) is 5.92 Å². The zero-order valence-corrected chi connectivity index (χ0v) is 11.5. The van der Waals surface area contributed by atoms with Crippen molar-refractivity contribution < 1.29 is 23.1 Å². The number of halogens is 3. The van der Waals surface area contributed by atoms with Crippen LogP contribution in [0.15, 0.2) is 24.3 Å². The van der Waals surface area contributed by atoms with Crippen molar-refractivity contribution in [3.63, 3.8) is 0 Å². The van der Waals surface area contributed by atoms with Crippen molar-refractivity contribution in [1.82, 2.24) is 4.90 Å². The highest BCUT2D eigenvalue weighted by atomic mass is 19.4. The zero-order chi connectivity index (χ0) is 15.6. The molecule has 2 amide bonds. The maximum absolute atomic E-state index is 12.8. The van der Waals surface area contributed by atoms with Crippen LogP contribution >= 0.6 is 0 Å². The van der Waals surface area contributed by atoms with Gasteiger partial charge in [-0.1, -0.05) is 19.1 Å². The minimum atomic E-state index is -4.53. The third-order valence-corrected chi connectivity index (χ3v) is 3.68. The summed E-state index contributed by atoms with van der Waals surface area (Å²) in [6.07, 6.45) is -4.56. The summed E-state index contributed by atoms with van der Waals surface area (Å²) >= 11 is 0. The summed E-state index contributed by atoms with van der Waals surface area (Å²) < 4.78 is 38.5. The molecule has 21 heavy (non-hydrogen) atoms. The van der Waals surface area contributed by atoms with E-state index in [1.54, 1.807) is 0 Å². The summed E-state index contributed by atoms with van der Waals surface area (Å²) in [5, 5.41) is 12.0. The molecule has 2 rings (SSSR count). The Hall–Kier alpha value is -1.76. The number of carbonyl (C=O) groups is 1. The summed E-state index contributed by atoms with van der Waals surface area (Å²) in [7, 11) is 0. The highest BCUT2D eigenvalue weighted by Crippen LogP contribution is 2.34. The highest BCUT2D eigenvalue weighted by molar-refractivity contribution is 5.90. The second-order valence-corrected chi connectivity index (χ2v) is 5.25. The molecule has 1 aliphatic rings. The predicted molar refractivity (Wildman–Crippen MR) is 71.8 cm³/mol. The first-order valence-electron chi connectivity index (χ1n) is 6.69. The Balaban J connectivity index is 2.10. The standard InChI is InChI=1S/C14H17F3N2O2/c1-9-6-7-19(8-12(9)20)13(21)18-11-5-3-2-4-10(11)14(15,16)17/h2-5,9,12,20H,6-8H2,1H3,(H,18,21). The van der Waals surface area contributed by atoms with Crippen molar-refractivity contribution in [3.8, 4) is 0 Å². The van der Waals surface area contributed by atoms with E-state index in [0.29, 0.717) is 13.0 Å². The van der Waals surface area contributed by atoms with Gasteiger partial charge in [0.05, 0.1) is 17.4 Å². The van der Waals surface area contributed by atoms with E-state index in [4.69, 9.17) is 0 Å². The molecular weight excluding hydrogens is 285 g/mol. The van der Waals surface area contributed by atoms with Gasteiger partial charge in [-0.15, -0.1) is 0 Å². The molecule has 0 radical (unpaired) electrons. The number of likely N-dealkylation sites (tertiary alicyclic amines) is 1. The van der Waals surface area contributed by atoms with E-state index >= 15 is 0 Å². The molecule has 1 aromatic rings. The van der Waals surface area contributed by atoms with E-state index in [1.165, 1.54) is 23.1 Å². The van der Waals surface area contributed by atoms with Crippen molar-refractivity contribution in [2.45, 2.75) is 25.6 Å². The number of aliphatic hydroxyl groups is 1. The Morgan fingerprint density at radius 2 is 2.05 bits per heavy atom. The summed E-state index contributed by atoms with van der Waals surface area (Å²) in [6.45, 7) is 2.41. The molecule has 0 aliphatic carbocycles. The molecule has 2 atom stereocenters. The van der Waals surface area contributed by atoms with E-state index in [0.717, 1.165) is 6.07 Å². The third kappa shape index (κ3) is 3.66. The van der Waals surface area contributed by atoms with Gasteiger partial charge in [0.15, 0.2) is 0 Å². The van der Waals surface area contributed by atoms with Gasteiger partial charge in [0.2, 0.25) is 0 Å². The molecule has 2 unspecified atom stereocenters. The van der Waals surface area contributed by atoms with Gasteiger partial charge in [-0.25, -0.2) is 4.79 Å². The fourth-order valence-corrected chi connectivity index (χ4v) is 2.27. The number of benzene rings is 1. The van der Waals surface area contributed by atoms with Crippen molar-refractivity contribution in [1.29, 1.82) is 0 Å². The molecule has 0 bridgehead atoms. The molecule has 4 nitrogen and oxygen atoms in total.